The molecule has 0 radical (unpaired) electrons. The average molecular weight is 151 g/mol. The maximum absolute atomic E-state index is 10.1. The Labute approximate surface area is 58.1 Å². The van der Waals surface area contributed by atoms with Crippen LogP contribution in [0.3, 0.4) is 0 Å². The number of carbonyl (C=O) groups excluding carboxylic acids is 1. The highest BCUT2D eigenvalue weighted by molar-refractivity contribution is 6.67. The summed E-state index contributed by atoms with van der Waals surface area (Å²) in [6.45, 7) is 5.23. The van der Waals surface area contributed by atoms with E-state index in [2.05, 4.69) is 16.4 Å². The molecule has 0 saturated carbocycles. The Bertz CT molecular complexity index is 121. The van der Waals surface area contributed by atoms with E-state index in [4.69, 9.17) is 11.6 Å². The van der Waals surface area contributed by atoms with E-state index in [-0.39, 0.29) is 5.76 Å². The van der Waals surface area contributed by atoms with Crippen LogP contribution in [-0.4, -0.2) is 11.8 Å². The topological polar surface area (TPSA) is 35.5 Å². The lowest BCUT2D eigenvalue weighted by molar-refractivity contribution is -0.255. The summed E-state index contributed by atoms with van der Waals surface area (Å²) in [6.07, 6.45) is 0. The Morgan fingerprint density at radius 2 is 2.33 bits per heavy atom. The quantitative estimate of drug-likeness (QED) is 0.199. The molecule has 0 bridgehead atoms. The SMILES string of the molecule is C=C(OOCC)C(=O)Cl. The van der Waals surface area contributed by atoms with Crippen LogP contribution in [0.1, 0.15) is 6.92 Å². The standard InChI is InChI=1S/C5H7ClO3/c1-3-8-9-4(2)5(6)7/h2-3H2,1H3. The van der Waals surface area contributed by atoms with Crippen molar-refractivity contribution in [3.05, 3.63) is 12.3 Å². The Morgan fingerprint density at radius 1 is 1.78 bits per heavy atom. The summed E-state index contributed by atoms with van der Waals surface area (Å²) < 4.78 is 0. The summed E-state index contributed by atoms with van der Waals surface area (Å²) in [5.41, 5.74) is 0. The summed E-state index contributed by atoms with van der Waals surface area (Å²) >= 11 is 4.92. The van der Waals surface area contributed by atoms with Gasteiger partial charge in [-0.15, -0.1) is 0 Å². The van der Waals surface area contributed by atoms with Gasteiger partial charge in [-0.2, -0.15) is 4.89 Å². The minimum Gasteiger partial charge on any atom is -0.333 e. The summed E-state index contributed by atoms with van der Waals surface area (Å²) in [5, 5.41) is -0.747. The fourth-order valence-corrected chi connectivity index (χ4v) is 0.194. The van der Waals surface area contributed by atoms with Crippen LogP contribution in [0.5, 0.6) is 0 Å². The van der Waals surface area contributed by atoms with Crippen molar-refractivity contribution in [1.82, 2.24) is 0 Å². The molecule has 0 aromatic carbocycles. The Kier molecular flexibility index (Phi) is 4.09. The zero-order valence-electron chi connectivity index (χ0n) is 5.02. The molecule has 0 aliphatic heterocycles. The van der Waals surface area contributed by atoms with Crippen molar-refractivity contribution >= 4 is 16.8 Å². The van der Waals surface area contributed by atoms with Gasteiger partial charge in [0.2, 0.25) is 5.76 Å². The lowest BCUT2D eigenvalue weighted by Crippen LogP contribution is -1.98. The van der Waals surface area contributed by atoms with Gasteiger partial charge >= 0.3 is 0 Å². The van der Waals surface area contributed by atoms with Gasteiger partial charge in [0.15, 0.2) is 0 Å². The van der Waals surface area contributed by atoms with Crippen molar-refractivity contribution < 1.29 is 14.6 Å². The van der Waals surface area contributed by atoms with E-state index in [0.717, 1.165) is 0 Å². The predicted molar refractivity (Wildman–Crippen MR) is 32.7 cm³/mol. The van der Waals surface area contributed by atoms with Crippen molar-refractivity contribution in [2.24, 2.45) is 0 Å². The Morgan fingerprint density at radius 3 is 2.67 bits per heavy atom. The number of halogens is 1. The Balaban J connectivity index is 3.39. The molecule has 3 nitrogen and oxygen atoms in total. The first-order valence-corrected chi connectivity index (χ1v) is 2.74. The van der Waals surface area contributed by atoms with Crippen LogP contribution in [0.4, 0.5) is 0 Å². The third-order valence-corrected chi connectivity index (χ3v) is 0.707. The molecule has 9 heavy (non-hydrogen) atoms. The fourth-order valence-electron chi connectivity index (χ4n) is 0.163. The van der Waals surface area contributed by atoms with Gasteiger partial charge in [-0.3, -0.25) is 4.79 Å². The van der Waals surface area contributed by atoms with Crippen molar-refractivity contribution in [2.45, 2.75) is 6.92 Å². The normalized spacial score (nSPS) is 8.67. The maximum atomic E-state index is 10.1. The summed E-state index contributed by atoms with van der Waals surface area (Å²) in [6, 6.07) is 0. The molecule has 0 N–H and O–H groups in total. The van der Waals surface area contributed by atoms with Crippen LogP contribution >= 0.6 is 11.6 Å². The Hall–Kier alpha value is -0.540. The highest BCUT2D eigenvalue weighted by Crippen LogP contribution is 1.98. The second-order valence-electron chi connectivity index (χ2n) is 1.19. The second kappa shape index (κ2) is 4.35. The minimum absolute atomic E-state index is 0.196. The first-order chi connectivity index (χ1) is 4.18. The molecule has 0 aromatic heterocycles. The van der Waals surface area contributed by atoms with Gasteiger partial charge in [0, 0.05) is 0 Å². The second-order valence-corrected chi connectivity index (χ2v) is 1.53. The van der Waals surface area contributed by atoms with Crippen molar-refractivity contribution in [2.75, 3.05) is 6.61 Å². The largest absolute Gasteiger partial charge is 0.333 e. The molecule has 0 aliphatic rings. The highest BCUT2D eigenvalue weighted by atomic mass is 35.5. The summed E-state index contributed by atoms with van der Waals surface area (Å²) in [5.74, 6) is -0.196. The molecule has 4 heteroatoms. The third-order valence-electron chi connectivity index (χ3n) is 0.497. The van der Waals surface area contributed by atoms with Gasteiger partial charge in [-0.1, -0.05) is 0 Å². The molecule has 0 aliphatic carbocycles. The number of hydrogen-bond donors (Lipinski definition) is 0. The van der Waals surface area contributed by atoms with Gasteiger partial charge in [0.05, 0.1) is 6.61 Å². The summed E-state index contributed by atoms with van der Waals surface area (Å²) in [7, 11) is 0. The van der Waals surface area contributed by atoms with E-state index in [1.54, 1.807) is 6.92 Å². The molecule has 0 unspecified atom stereocenters. The molecule has 0 atom stereocenters. The number of allylic oxidation sites excluding steroid dienone is 1. The molecular weight excluding hydrogens is 144 g/mol. The third kappa shape index (κ3) is 4.00. The first-order valence-electron chi connectivity index (χ1n) is 2.36. The zero-order chi connectivity index (χ0) is 7.28. The molecule has 0 saturated heterocycles. The number of carbonyl (C=O) groups is 1. The molecule has 52 valence electrons. The summed E-state index contributed by atoms with van der Waals surface area (Å²) in [4.78, 5) is 18.7. The van der Waals surface area contributed by atoms with E-state index in [9.17, 15) is 4.79 Å². The molecule has 0 amide bonds. The van der Waals surface area contributed by atoms with Gasteiger partial charge in [0.25, 0.3) is 5.24 Å². The fraction of sp³-hybridized carbons (Fsp3) is 0.400. The van der Waals surface area contributed by atoms with Gasteiger partial charge in [-0.25, -0.2) is 0 Å². The van der Waals surface area contributed by atoms with Gasteiger partial charge < -0.3 is 4.89 Å². The van der Waals surface area contributed by atoms with Gasteiger partial charge in [-0.05, 0) is 25.1 Å². The number of rotatable bonds is 4. The van der Waals surface area contributed by atoms with Gasteiger partial charge in [0.1, 0.15) is 0 Å². The lowest BCUT2D eigenvalue weighted by atomic mass is 10.6. The molecule has 0 rings (SSSR count). The molecule has 0 heterocycles. The van der Waals surface area contributed by atoms with Crippen LogP contribution in [0, 0.1) is 0 Å². The maximum Gasteiger partial charge on any atom is 0.290 e. The van der Waals surface area contributed by atoms with Crippen LogP contribution in [0.2, 0.25) is 0 Å². The van der Waals surface area contributed by atoms with Crippen molar-refractivity contribution in [3.8, 4) is 0 Å². The molecule has 0 aromatic rings. The smallest absolute Gasteiger partial charge is 0.290 e. The van der Waals surface area contributed by atoms with E-state index in [0.29, 0.717) is 6.61 Å². The van der Waals surface area contributed by atoms with E-state index < -0.39 is 5.24 Å². The molecule has 0 spiro atoms. The van der Waals surface area contributed by atoms with Crippen molar-refractivity contribution in [3.63, 3.8) is 0 Å². The van der Waals surface area contributed by atoms with Crippen LogP contribution < -0.4 is 0 Å². The van der Waals surface area contributed by atoms with E-state index >= 15 is 0 Å². The lowest BCUT2D eigenvalue weighted by Gasteiger charge is -1.99. The molecule has 0 fully saturated rings. The van der Waals surface area contributed by atoms with Crippen LogP contribution in [0.15, 0.2) is 12.3 Å². The van der Waals surface area contributed by atoms with Crippen LogP contribution in [0.25, 0.3) is 0 Å². The number of hydrogen-bond acceptors (Lipinski definition) is 3. The average Bonchev–Trinajstić information content (AvgIpc) is 1.82. The molecular formula is C5H7ClO3. The predicted octanol–water partition coefficient (Wildman–Crippen LogP) is 1.23. The first kappa shape index (κ1) is 8.46. The minimum atomic E-state index is -0.747. The monoisotopic (exact) mass is 150 g/mol. The van der Waals surface area contributed by atoms with E-state index in [1.165, 1.54) is 0 Å². The van der Waals surface area contributed by atoms with Crippen LogP contribution in [-0.2, 0) is 14.6 Å². The van der Waals surface area contributed by atoms with Crippen molar-refractivity contribution in [1.29, 1.82) is 0 Å². The highest BCUT2D eigenvalue weighted by Gasteiger charge is 2.03. The zero-order valence-corrected chi connectivity index (χ0v) is 5.77. The van der Waals surface area contributed by atoms with E-state index in [1.807, 2.05) is 0 Å².